The Morgan fingerprint density at radius 2 is 1.68 bits per heavy atom. The van der Waals surface area contributed by atoms with E-state index in [0.29, 0.717) is 18.7 Å². The second-order valence-electron chi connectivity index (χ2n) is 8.40. The van der Waals surface area contributed by atoms with Crippen molar-refractivity contribution in [1.29, 1.82) is 5.26 Å². The van der Waals surface area contributed by atoms with E-state index in [1.165, 1.54) is 16.3 Å². The fraction of sp³-hybridized carbons (Fsp3) is 0.333. The minimum absolute atomic E-state index is 0.0474. The van der Waals surface area contributed by atoms with Gasteiger partial charge in [-0.25, -0.2) is 0 Å². The van der Waals surface area contributed by atoms with Crippen molar-refractivity contribution in [2.45, 2.75) is 39.2 Å². The van der Waals surface area contributed by atoms with Gasteiger partial charge in [0.05, 0.1) is 23.7 Å². The standard InChI is InChI=1S/C27H28N2O2/c1-2-31-26(30)27(13-3-4-14-27)19-29-18-21-7-10-25-16-24(12-11-23(25)15-21)22-8-5-20(17-28)6-9-22/h5-12,15-16,29H,2-4,13-14,18-19H2,1H3. The predicted octanol–water partition coefficient (Wildman–Crippen LogP) is 5.59. The van der Waals surface area contributed by atoms with E-state index in [1.807, 2.05) is 31.2 Å². The zero-order valence-corrected chi connectivity index (χ0v) is 18.0. The van der Waals surface area contributed by atoms with Crippen LogP contribution >= 0.6 is 0 Å². The summed E-state index contributed by atoms with van der Waals surface area (Å²) < 4.78 is 5.36. The van der Waals surface area contributed by atoms with E-state index in [1.54, 1.807) is 0 Å². The number of hydrogen-bond donors (Lipinski definition) is 1. The molecule has 31 heavy (non-hydrogen) atoms. The molecule has 0 saturated heterocycles. The molecule has 3 aromatic carbocycles. The lowest BCUT2D eigenvalue weighted by molar-refractivity contribution is -0.154. The lowest BCUT2D eigenvalue weighted by atomic mass is 9.86. The number of carbonyl (C=O) groups excluding carboxylic acids is 1. The molecule has 0 spiro atoms. The molecule has 0 amide bonds. The third kappa shape index (κ3) is 4.62. The van der Waals surface area contributed by atoms with Gasteiger partial charge in [0.2, 0.25) is 0 Å². The molecule has 4 rings (SSSR count). The summed E-state index contributed by atoms with van der Waals surface area (Å²) >= 11 is 0. The van der Waals surface area contributed by atoms with Crippen molar-refractivity contribution in [2.24, 2.45) is 5.41 Å². The van der Waals surface area contributed by atoms with Gasteiger partial charge >= 0.3 is 5.97 Å². The molecule has 158 valence electrons. The molecule has 0 aliphatic heterocycles. The maximum Gasteiger partial charge on any atom is 0.313 e. The van der Waals surface area contributed by atoms with Crippen LogP contribution in [0.5, 0.6) is 0 Å². The normalized spacial score (nSPS) is 15.0. The predicted molar refractivity (Wildman–Crippen MR) is 123 cm³/mol. The van der Waals surface area contributed by atoms with Crippen molar-refractivity contribution in [3.05, 3.63) is 71.8 Å². The number of hydrogen-bond acceptors (Lipinski definition) is 4. The molecule has 3 aromatic rings. The van der Waals surface area contributed by atoms with Crippen molar-refractivity contribution < 1.29 is 9.53 Å². The summed E-state index contributed by atoms with van der Waals surface area (Å²) in [5.74, 6) is -0.0474. The molecular weight excluding hydrogens is 384 g/mol. The molecule has 1 aliphatic carbocycles. The van der Waals surface area contributed by atoms with Crippen LogP contribution < -0.4 is 5.32 Å². The minimum atomic E-state index is -0.358. The van der Waals surface area contributed by atoms with Gasteiger partial charge in [-0.15, -0.1) is 0 Å². The summed E-state index contributed by atoms with van der Waals surface area (Å²) in [6.45, 7) is 3.71. The number of rotatable bonds is 7. The van der Waals surface area contributed by atoms with Gasteiger partial charge < -0.3 is 10.1 Å². The first-order valence-electron chi connectivity index (χ1n) is 11.0. The molecule has 4 nitrogen and oxygen atoms in total. The Hall–Kier alpha value is -3.16. The van der Waals surface area contributed by atoms with Gasteiger partial charge in [0, 0.05) is 13.1 Å². The largest absolute Gasteiger partial charge is 0.466 e. The van der Waals surface area contributed by atoms with Gasteiger partial charge in [0.25, 0.3) is 0 Å². The van der Waals surface area contributed by atoms with Crippen LogP contribution in [0.4, 0.5) is 0 Å². The van der Waals surface area contributed by atoms with Crippen LogP contribution in [0.15, 0.2) is 60.7 Å². The number of carbonyl (C=O) groups is 1. The highest BCUT2D eigenvalue weighted by atomic mass is 16.5. The number of fused-ring (bicyclic) bond motifs is 1. The van der Waals surface area contributed by atoms with Gasteiger partial charge in [-0.1, -0.05) is 49.2 Å². The maximum atomic E-state index is 12.5. The van der Waals surface area contributed by atoms with E-state index >= 15 is 0 Å². The number of nitrogens with zero attached hydrogens (tertiary/aromatic N) is 1. The molecular formula is C27H28N2O2. The molecule has 1 saturated carbocycles. The van der Waals surface area contributed by atoms with Gasteiger partial charge in [-0.05, 0) is 71.5 Å². The fourth-order valence-corrected chi connectivity index (χ4v) is 4.56. The van der Waals surface area contributed by atoms with Crippen LogP contribution in [-0.4, -0.2) is 19.1 Å². The van der Waals surface area contributed by atoms with Crippen LogP contribution in [0.1, 0.15) is 43.7 Å². The minimum Gasteiger partial charge on any atom is -0.466 e. The summed E-state index contributed by atoms with van der Waals surface area (Å²) in [5.41, 5.74) is 3.76. The van der Waals surface area contributed by atoms with E-state index < -0.39 is 0 Å². The highest BCUT2D eigenvalue weighted by Crippen LogP contribution is 2.38. The van der Waals surface area contributed by atoms with Crippen molar-refractivity contribution >= 4 is 16.7 Å². The molecule has 0 radical (unpaired) electrons. The quantitative estimate of drug-likeness (QED) is 0.514. The number of ether oxygens (including phenoxy) is 1. The van der Waals surface area contributed by atoms with Crippen LogP contribution in [-0.2, 0) is 16.1 Å². The summed E-state index contributed by atoms with van der Waals surface area (Å²) in [6.07, 6.45) is 4.01. The van der Waals surface area contributed by atoms with Gasteiger partial charge in [0.15, 0.2) is 0 Å². The first kappa shape index (κ1) is 21.1. The zero-order chi connectivity index (χ0) is 21.7. The Balaban J connectivity index is 1.44. The molecule has 0 unspecified atom stereocenters. The van der Waals surface area contributed by atoms with Crippen LogP contribution in [0.2, 0.25) is 0 Å². The SMILES string of the molecule is CCOC(=O)C1(CNCc2ccc3cc(-c4ccc(C#N)cc4)ccc3c2)CCCC1. The van der Waals surface area contributed by atoms with E-state index in [0.717, 1.165) is 43.4 Å². The second-order valence-corrected chi connectivity index (χ2v) is 8.40. The number of nitriles is 1. The van der Waals surface area contributed by atoms with E-state index in [4.69, 9.17) is 10.00 Å². The maximum absolute atomic E-state index is 12.5. The Kier molecular flexibility index (Phi) is 6.34. The summed E-state index contributed by atoms with van der Waals surface area (Å²) in [6, 6.07) is 22.8. The molecule has 0 bridgehead atoms. The van der Waals surface area contributed by atoms with Crippen molar-refractivity contribution in [3.63, 3.8) is 0 Å². The van der Waals surface area contributed by atoms with E-state index in [9.17, 15) is 4.79 Å². The lowest BCUT2D eigenvalue weighted by Gasteiger charge is -2.26. The molecule has 0 atom stereocenters. The van der Waals surface area contributed by atoms with Gasteiger partial charge in [-0.3, -0.25) is 4.79 Å². The third-order valence-corrected chi connectivity index (χ3v) is 6.31. The number of esters is 1. The first-order valence-corrected chi connectivity index (χ1v) is 11.0. The molecule has 0 heterocycles. The molecule has 4 heteroatoms. The van der Waals surface area contributed by atoms with Crippen molar-refractivity contribution in [2.75, 3.05) is 13.2 Å². The monoisotopic (exact) mass is 412 g/mol. The highest BCUT2D eigenvalue weighted by Gasteiger charge is 2.42. The molecule has 1 fully saturated rings. The van der Waals surface area contributed by atoms with E-state index in [2.05, 4.69) is 47.8 Å². The summed E-state index contributed by atoms with van der Waals surface area (Å²) in [4.78, 5) is 12.5. The Labute approximate surface area is 183 Å². The highest BCUT2D eigenvalue weighted by molar-refractivity contribution is 5.88. The average molecular weight is 413 g/mol. The second kappa shape index (κ2) is 9.32. The third-order valence-electron chi connectivity index (χ3n) is 6.31. The first-order chi connectivity index (χ1) is 15.1. The Bertz CT molecular complexity index is 1110. The molecule has 1 N–H and O–H groups in total. The smallest absolute Gasteiger partial charge is 0.313 e. The van der Waals surface area contributed by atoms with Crippen LogP contribution in [0, 0.1) is 16.7 Å². The Morgan fingerprint density at radius 1 is 1.00 bits per heavy atom. The summed E-state index contributed by atoms with van der Waals surface area (Å²) in [5, 5.41) is 14.9. The van der Waals surface area contributed by atoms with Crippen LogP contribution in [0.3, 0.4) is 0 Å². The molecule has 0 aromatic heterocycles. The van der Waals surface area contributed by atoms with Crippen molar-refractivity contribution in [3.8, 4) is 17.2 Å². The topological polar surface area (TPSA) is 62.1 Å². The number of nitrogens with one attached hydrogen (secondary N) is 1. The summed E-state index contributed by atoms with van der Waals surface area (Å²) in [7, 11) is 0. The van der Waals surface area contributed by atoms with Crippen molar-refractivity contribution in [1.82, 2.24) is 5.32 Å². The zero-order valence-electron chi connectivity index (χ0n) is 18.0. The fourth-order valence-electron chi connectivity index (χ4n) is 4.56. The van der Waals surface area contributed by atoms with Gasteiger partial charge in [-0.2, -0.15) is 5.26 Å². The van der Waals surface area contributed by atoms with E-state index in [-0.39, 0.29) is 11.4 Å². The average Bonchev–Trinajstić information content (AvgIpc) is 3.29. The number of benzene rings is 3. The Morgan fingerprint density at radius 3 is 2.39 bits per heavy atom. The van der Waals surface area contributed by atoms with Crippen LogP contribution in [0.25, 0.3) is 21.9 Å². The lowest BCUT2D eigenvalue weighted by Crippen LogP contribution is -2.40. The molecule has 1 aliphatic rings. The van der Waals surface area contributed by atoms with Gasteiger partial charge in [0.1, 0.15) is 0 Å².